The molecule has 2 aromatic rings. The Balaban J connectivity index is 2.43. The topological polar surface area (TPSA) is 37.4 Å². The van der Waals surface area contributed by atoms with Gasteiger partial charge in [0.25, 0.3) is 0 Å². The minimum Gasteiger partial charge on any atom is -0.263 e. The molecule has 0 aliphatic carbocycles. The van der Waals surface area contributed by atoms with Gasteiger partial charge in [0.2, 0.25) is 10.0 Å². The van der Waals surface area contributed by atoms with Crippen LogP contribution in [-0.4, -0.2) is 14.7 Å². The fraction of sp³-hybridized carbons (Fsp3) is 0.143. The highest BCUT2D eigenvalue weighted by atomic mass is 35.5. The molecule has 0 radical (unpaired) electrons. The molecule has 0 amide bonds. The summed E-state index contributed by atoms with van der Waals surface area (Å²) in [6.45, 7) is -0.0311. The second-order valence-corrected chi connectivity index (χ2v) is 7.19. The number of sulfonamides is 1. The molecule has 0 unspecified atom stereocenters. The van der Waals surface area contributed by atoms with Crippen molar-refractivity contribution in [1.82, 2.24) is 0 Å². The Morgan fingerprint density at radius 2 is 1.76 bits per heavy atom. The molecule has 2 aromatic carbocycles. The summed E-state index contributed by atoms with van der Waals surface area (Å²) in [6.07, 6.45) is 1.02. The van der Waals surface area contributed by atoms with E-state index in [0.717, 1.165) is 10.6 Å². The molecule has 2 rings (SSSR count). The Morgan fingerprint density at radius 3 is 2.33 bits per heavy atom. The first-order chi connectivity index (χ1) is 9.79. The zero-order valence-electron chi connectivity index (χ0n) is 11.1. The van der Waals surface area contributed by atoms with Crippen LogP contribution >= 0.6 is 23.2 Å². The van der Waals surface area contributed by atoms with Gasteiger partial charge in [-0.15, -0.1) is 0 Å². The van der Waals surface area contributed by atoms with Gasteiger partial charge in [-0.1, -0.05) is 41.4 Å². The number of rotatable bonds is 4. The lowest BCUT2D eigenvalue weighted by atomic mass is 10.2. The predicted molar refractivity (Wildman–Crippen MR) is 83.9 cm³/mol. The number of hydrogen-bond donors (Lipinski definition) is 0. The summed E-state index contributed by atoms with van der Waals surface area (Å²) in [5.41, 5.74) is 0.601. The third-order valence-electron chi connectivity index (χ3n) is 2.83. The highest BCUT2D eigenvalue weighted by Gasteiger charge is 2.21. The third-order valence-corrected chi connectivity index (χ3v) is 4.70. The van der Waals surface area contributed by atoms with Gasteiger partial charge in [0.1, 0.15) is 5.82 Å². The van der Waals surface area contributed by atoms with Gasteiger partial charge in [-0.25, -0.2) is 12.8 Å². The van der Waals surface area contributed by atoms with E-state index < -0.39 is 15.8 Å². The lowest BCUT2D eigenvalue weighted by Gasteiger charge is -2.23. The van der Waals surface area contributed by atoms with E-state index in [0.29, 0.717) is 15.6 Å². The van der Waals surface area contributed by atoms with Crippen molar-refractivity contribution >= 4 is 38.9 Å². The largest absolute Gasteiger partial charge is 0.263 e. The SMILES string of the molecule is CS(=O)(=O)N(Cc1ccc(Cl)c(Cl)c1)c1ccccc1F. The molecule has 0 heterocycles. The summed E-state index contributed by atoms with van der Waals surface area (Å²) in [7, 11) is -3.64. The van der Waals surface area contributed by atoms with Crippen LogP contribution in [0.25, 0.3) is 0 Å². The molecule has 112 valence electrons. The lowest BCUT2D eigenvalue weighted by molar-refractivity contribution is 0.590. The molecule has 0 N–H and O–H groups in total. The second-order valence-electron chi connectivity index (χ2n) is 4.47. The van der Waals surface area contributed by atoms with Crippen molar-refractivity contribution in [2.75, 3.05) is 10.6 Å². The first-order valence-electron chi connectivity index (χ1n) is 5.95. The van der Waals surface area contributed by atoms with Gasteiger partial charge >= 0.3 is 0 Å². The standard InChI is InChI=1S/C14H12Cl2FNO2S/c1-21(19,20)18(14-5-3-2-4-13(14)17)9-10-6-7-11(15)12(16)8-10/h2-8H,9H2,1H3. The van der Waals surface area contributed by atoms with Crippen LogP contribution in [0.4, 0.5) is 10.1 Å². The third kappa shape index (κ3) is 3.87. The molecule has 0 aliphatic heterocycles. The van der Waals surface area contributed by atoms with E-state index in [1.807, 2.05) is 0 Å². The Kier molecular flexibility index (Phi) is 4.76. The maximum Gasteiger partial charge on any atom is 0.232 e. The summed E-state index contributed by atoms with van der Waals surface area (Å²) in [6, 6.07) is 10.5. The average molecular weight is 348 g/mol. The number of benzene rings is 2. The molecule has 3 nitrogen and oxygen atoms in total. The van der Waals surface area contributed by atoms with Crippen molar-refractivity contribution in [2.45, 2.75) is 6.54 Å². The number of anilines is 1. The average Bonchev–Trinajstić information content (AvgIpc) is 2.40. The van der Waals surface area contributed by atoms with E-state index in [2.05, 4.69) is 0 Å². The maximum absolute atomic E-state index is 13.9. The zero-order valence-corrected chi connectivity index (χ0v) is 13.4. The van der Waals surface area contributed by atoms with Crippen molar-refractivity contribution in [3.05, 3.63) is 63.9 Å². The quantitative estimate of drug-likeness (QED) is 0.834. The van der Waals surface area contributed by atoms with Gasteiger partial charge in [0, 0.05) is 0 Å². The van der Waals surface area contributed by atoms with Gasteiger partial charge in [0.05, 0.1) is 28.5 Å². The first-order valence-corrected chi connectivity index (χ1v) is 8.55. The predicted octanol–water partition coefficient (Wildman–Crippen LogP) is 4.10. The molecule has 0 aromatic heterocycles. The molecular formula is C14H12Cl2FNO2S. The van der Waals surface area contributed by atoms with Crippen molar-refractivity contribution in [1.29, 1.82) is 0 Å². The van der Waals surface area contributed by atoms with E-state index in [9.17, 15) is 12.8 Å². The summed E-state index contributed by atoms with van der Waals surface area (Å²) in [5, 5.41) is 0.688. The first kappa shape index (κ1) is 16.1. The summed E-state index contributed by atoms with van der Waals surface area (Å²) in [4.78, 5) is 0. The van der Waals surface area contributed by atoms with E-state index in [-0.39, 0.29) is 12.2 Å². The van der Waals surface area contributed by atoms with Crippen LogP contribution in [0.15, 0.2) is 42.5 Å². The minimum atomic E-state index is -3.64. The molecule has 21 heavy (non-hydrogen) atoms. The van der Waals surface area contributed by atoms with Crippen LogP contribution in [-0.2, 0) is 16.6 Å². The number of nitrogens with zero attached hydrogens (tertiary/aromatic N) is 1. The summed E-state index contributed by atoms with van der Waals surface area (Å²) >= 11 is 11.7. The monoisotopic (exact) mass is 347 g/mol. The number of hydrogen-bond acceptors (Lipinski definition) is 2. The Bertz CT molecular complexity index is 765. The van der Waals surface area contributed by atoms with Crippen LogP contribution in [0.3, 0.4) is 0 Å². The molecule has 0 saturated heterocycles. The Labute approximate surface area is 133 Å². The minimum absolute atomic E-state index is 0.00827. The van der Waals surface area contributed by atoms with Gasteiger partial charge < -0.3 is 0 Å². The van der Waals surface area contributed by atoms with E-state index in [1.54, 1.807) is 24.3 Å². The molecule has 0 saturated carbocycles. The summed E-state index contributed by atoms with van der Waals surface area (Å²) in [5.74, 6) is -0.608. The number of halogens is 3. The molecule has 0 aliphatic rings. The molecular weight excluding hydrogens is 336 g/mol. The van der Waals surface area contributed by atoms with Crippen molar-refractivity contribution in [2.24, 2.45) is 0 Å². The van der Waals surface area contributed by atoms with Crippen LogP contribution in [0, 0.1) is 5.82 Å². The molecule has 0 spiro atoms. The smallest absolute Gasteiger partial charge is 0.232 e. The molecule has 0 atom stereocenters. The summed E-state index contributed by atoms with van der Waals surface area (Å²) < 4.78 is 38.7. The highest BCUT2D eigenvalue weighted by Crippen LogP contribution is 2.27. The fourth-order valence-electron chi connectivity index (χ4n) is 1.84. The van der Waals surface area contributed by atoms with Gasteiger partial charge in [-0.2, -0.15) is 0 Å². The van der Waals surface area contributed by atoms with Crippen LogP contribution in [0.2, 0.25) is 10.0 Å². The van der Waals surface area contributed by atoms with Crippen molar-refractivity contribution < 1.29 is 12.8 Å². The highest BCUT2D eigenvalue weighted by molar-refractivity contribution is 7.92. The van der Waals surface area contributed by atoms with Crippen LogP contribution in [0.5, 0.6) is 0 Å². The number of para-hydroxylation sites is 1. The van der Waals surface area contributed by atoms with Crippen molar-refractivity contribution in [3.8, 4) is 0 Å². The van der Waals surface area contributed by atoms with E-state index >= 15 is 0 Å². The molecule has 0 fully saturated rings. The van der Waals surface area contributed by atoms with Crippen molar-refractivity contribution in [3.63, 3.8) is 0 Å². The molecule has 0 bridgehead atoms. The lowest BCUT2D eigenvalue weighted by Crippen LogP contribution is -2.30. The van der Waals surface area contributed by atoms with Crippen LogP contribution < -0.4 is 4.31 Å². The second kappa shape index (κ2) is 6.22. The van der Waals surface area contributed by atoms with Gasteiger partial charge in [-0.05, 0) is 29.8 Å². The maximum atomic E-state index is 13.9. The fourth-order valence-corrected chi connectivity index (χ4v) is 3.05. The van der Waals surface area contributed by atoms with Gasteiger partial charge in [-0.3, -0.25) is 4.31 Å². The molecule has 7 heteroatoms. The Morgan fingerprint density at radius 1 is 1.10 bits per heavy atom. The van der Waals surface area contributed by atoms with Gasteiger partial charge in [0.15, 0.2) is 0 Å². The van der Waals surface area contributed by atoms with E-state index in [4.69, 9.17) is 23.2 Å². The zero-order chi connectivity index (χ0) is 15.6. The normalized spacial score (nSPS) is 11.4. The van der Waals surface area contributed by atoms with E-state index in [1.165, 1.54) is 18.2 Å². The Hall–Kier alpha value is -1.30. The van der Waals surface area contributed by atoms with Crippen LogP contribution in [0.1, 0.15) is 5.56 Å².